The fourth-order valence-corrected chi connectivity index (χ4v) is 1.69. The number of hydrogen-bond donors (Lipinski definition) is 1. The lowest BCUT2D eigenvalue weighted by atomic mass is 10.1. The van der Waals surface area contributed by atoms with Crippen molar-refractivity contribution in [2.75, 3.05) is 0 Å². The average Bonchev–Trinajstić information content (AvgIpc) is 2.77. The zero-order valence-electron chi connectivity index (χ0n) is 11.5. The molecule has 1 aromatic heterocycles. The van der Waals surface area contributed by atoms with E-state index in [1.807, 2.05) is 16.9 Å². The molecular weight excluding hydrogens is 243 g/mol. The molecule has 0 aliphatic heterocycles. The van der Waals surface area contributed by atoms with E-state index >= 15 is 0 Å². The molecule has 0 unspecified atom stereocenters. The Labute approximate surface area is 112 Å². The first kappa shape index (κ1) is 13.7. The maximum atomic E-state index is 13.0. The molecule has 4 nitrogen and oxygen atoms in total. The van der Waals surface area contributed by atoms with Gasteiger partial charge in [0.15, 0.2) is 0 Å². The molecule has 0 fully saturated rings. The number of rotatable bonds is 4. The SMILES string of the molecule is CC(C)(C)n1cc(CNCc2cccc(F)c2)nn1. The zero-order chi connectivity index (χ0) is 13.9. The van der Waals surface area contributed by atoms with Crippen LogP contribution in [0, 0.1) is 5.82 Å². The van der Waals surface area contributed by atoms with Crippen molar-refractivity contribution < 1.29 is 4.39 Å². The van der Waals surface area contributed by atoms with Gasteiger partial charge in [-0.3, -0.25) is 0 Å². The van der Waals surface area contributed by atoms with E-state index in [1.54, 1.807) is 6.07 Å². The van der Waals surface area contributed by atoms with Gasteiger partial charge in [-0.1, -0.05) is 17.3 Å². The molecule has 0 saturated carbocycles. The topological polar surface area (TPSA) is 42.7 Å². The van der Waals surface area contributed by atoms with Crippen molar-refractivity contribution in [1.82, 2.24) is 20.3 Å². The Morgan fingerprint density at radius 3 is 2.68 bits per heavy atom. The molecular formula is C14H19FN4. The Hall–Kier alpha value is -1.75. The Bertz CT molecular complexity index is 542. The molecule has 5 heteroatoms. The normalized spacial score (nSPS) is 11.8. The maximum Gasteiger partial charge on any atom is 0.123 e. The van der Waals surface area contributed by atoms with Crippen LogP contribution >= 0.6 is 0 Å². The van der Waals surface area contributed by atoms with Gasteiger partial charge < -0.3 is 5.32 Å². The Morgan fingerprint density at radius 2 is 2.05 bits per heavy atom. The lowest BCUT2D eigenvalue weighted by molar-refractivity contribution is 0.347. The highest BCUT2D eigenvalue weighted by molar-refractivity contribution is 5.16. The predicted octanol–water partition coefficient (Wildman–Crippen LogP) is 2.46. The smallest absolute Gasteiger partial charge is 0.123 e. The van der Waals surface area contributed by atoms with Gasteiger partial charge in [-0.2, -0.15) is 0 Å². The van der Waals surface area contributed by atoms with Gasteiger partial charge in [0.25, 0.3) is 0 Å². The first-order valence-electron chi connectivity index (χ1n) is 6.32. The van der Waals surface area contributed by atoms with Crippen LogP contribution < -0.4 is 5.32 Å². The van der Waals surface area contributed by atoms with Crippen LogP contribution in [0.4, 0.5) is 4.39 Å². The highest BCUT2D eigenvalue weighted by atomic mass is 19.1. The van der Waals surface area contributed by atoms with Gasteiger partial charge in [0.2, 0.25) is 0 Å². The van der Waals surface area contributed by atoms with Crippen molar-refractivity contribution in [2.24, 2.45) is 0 Å². The van der Waals surface area contributed by atoms with Crippen LogP contribution in [0.2, 0.25) is 0 Å². The van der Waals surface area contributed by atoms with E-state index in [0.29, 0.717) is 13.1 Å². The van der Waals surface area contributed by atoms with Crippen LogP contribution in [0.25, 0.3) is 0 Å². The number of nitrogens with one attached hydrogen (secondary N) is 1. The summed E-state index contributed by atoms with van der Waals surface area (Å²) in [6.45, 7) is 7.45. The van der Waals surface area contributed by atoms with E-state index in [0.717, 1.165) is 11.3 Å². The van der Waals surface area contributed by atoms with E-state index in [2.05, 4.69) is 36.4 Å². The number of hydrogen-bond acceptors (Lipinski definition) is 3. The summed E-state index contributed by atoms with van der Waals surface area (Å²) in [6, 6.07) is 6.57. The molecule has 1 aromatic carbocycles. The minimum atomic E-state index is -0.210. The molecule has 19 heavy (non-hydrogen) atoms. The first-order valence-corrected chi connectivity index (χ1v) is 6.32. The molecule has 0 amide bonds. The molecule has 0 radical (unpaired) electrons. The lowest BCUT2D eigenvalue weighted by Crippen LogP contribution is -2.22. The second-order valence-corrected chi connectivity index (χ2v) is 5.56. The molecule has 1 N–H and O–H groups in total. The highest BCUT2D eigenvalue weighted by Gasteiger charge is 2.14. The summed E-state index contributed by atoms with van der Waals surface area (Å²) in [5, 5.41) is 11.4. The fourth-order valence-electron chi connectivity index (χ4n) is 1.69. The standard InChI is InChI=1S/C14H19FN4/c1-14(2,3)19-10-13(17-18-19)9-16-8-11-5-4-6-12(15)7-11/h4-7,10,16H,8-9H2,1-3H3. The third kappa shape index (κ3) is 3.86. The third-order valence-corrected chi connectivity index (χ3v) is 2.75. The van der Waals surface area contributed by atoms with Crippen molar-refractivity contribution in [2.45, 2.75) is 39.4 Å². The number of nitrogens with zero attached hydrogens (tertiary/aromatic N) is 3. The average molecular weight is 262 g/mol. The van der Waals surface area contributed by atoms with Crippen molar-refractivity contribution in [1.29, 1.82) is 0 Å². The highest BCUT2D eigenvalue weighted by Crippen LogP contribution is 2.11. The minimum absolute atomic E-state index is 0.0617. The Balaban J connectivity index is 1.88. The van der Waals surface area contributed by atoms with Gasteiger partial charge in [-0.25, -0.2) is 9.07 Å². The minimum Gasteiger partial charge on any atom is -0.307 e. The summed E-state index contributed by atoms with van der Waals surface area (Å²) in [6.07, 6.45) is 1.93. The van der Waals surface area contributed by atoms with Gasteiger partial charge in [-0.05, 0) is 38.5 Å². The first-order chi connectivity index (χ1) is 8.95. The molecule has 0 aliphatic rings. The summed E-state index contributed by atoms with van der Waals surface area (Å²) >= 11 is 0. The summed E-state index contributed by atoms with van der Waals surface area (Å²) in [7, 11) is 0. The quantitative estimate of drug-likeness (QED) is 0.920. The van der Waals surface area contributed by atoms with Crippen molar-refractivity contribution >= 4 is 0 Å². The van der Waals surface area contributed by atoms with Crippen LogP contribution in [0.3, 0.4) is 0 Å². The van der Waals surface area contributed by atoms with Crippen LogP contribution in [-0.2, 0) is 18.6 Å². The monoisotopic (exact) mass is 262 g/mol. The van der Waals surface area contributed by atoms with Gasteiger partial charge in [0.05, 0.1) is 17.4 Å². The van der Waals surface area contributed by atoms with E-state index in [-0.39, 0.29) is 11.4 Å². The number of halogens is 1. The predicted molar refractivity (Wildman–Crippen MR) is 72.0 cm³/mol. The molecule has 0 atom stereocenters. The van der Waals surface area contributed by atoms with Crippen LogP contribution in [0.5, 0.6) is 0 Å². The summed E-state index contributed by atoms with van der Waals surface area (Å²) in [5.41, 5.74) is 1.74. The summed E-state index contributed by atoms with van der Waals surface area (Å²) in [4.78, 5) is 0. The van der Waals surface area contributed by atoms with Gasteiger partial charge >= 0.3 is 0 Å². The second kappa shape index (κ2) is 5.48. The van der Waals surface area contributed by atoms with Crippen molar-refractivity contribution in [3.63, 3.8) is 0 Å². The number of benzene rings is 1. The largest absolute Gasteiger partial charge is 0.307 e. The van der Waals surface area contributed by atoms with E-state index in [1.165, 1.54) is 12.1 Å². The van der Waals surface area contributed by atoms with Crippen molar-refractivity contribution in [3.05, 3.63) is 47.5 Å². The molecule has 0 aliphatic carbocycles. The van der Waals surface area contributed by atoms with Gasteiger partial charge in [-0.15, -0.1) is 5.10 Å². The molecule has 102 valence electrons. The van der Waals surface area contributed by atoms with Gasteiger partial charge in [0, 0.05) is 13.1 Å². The maximum absolute atomic E-state index is 13.0. The summed E-state index contributed by atoms with van der Waals surface area (Å²) < 4.78 is 14.8. The summed E-state index contributed by atoms with van der Waals surface area (Å²) in [5.74, 6) is -0.210. The molecule has 1 heterocycles. The van der Waals surface area contributed by atoms with Crippen LogP contribution in [0.1, 0.15) is 32.0 Å². The van der Waals surface area contributed by atoms with E-state index < -0.39 is 0 Å². The second-order valence-electron chi connectivity index (χ2n) is 5.56. The molecule has 2 aromatic rings. The van der Waals surface area contributed by atoms with E-state index in [9.17, 15) is 4.39 Å². The molecule has 2 rings (SSSR count). The number of aromatic nitrogens is 3. The Morgan fingerprint density at radius 1 is 1.26 bits per heavy atom. The molecule has 0 saturated heterocycles. The zero-order valence-corrected chi connectivity index (χ0v) is 11.5. The molecule has 0 bridgehead atoms. The van der Waals surface area contributed by atoms with Crippen LogP contribution in [0.15, 0.2) is 30.5 Å². The van der Waals surface area contributed by atoms with Gasteiger partial charge in [0.1, 0.15) is 5.82 Å². The fraction of sp³-hybridized carbons (Fsp3) is 0.429. The van der Waals surface area contributed by atoms with Crippen molar-refractivity contribution in [3.8, 4) is 0 Å². The van der Waals surface area contributed by atoms with Crippen LogP contribution in [-0.4, -0.2) is 15.0 Å². The third-order valence-electron chi connectivity index (χ3n) is 2.75. The molecule has 0 spiro atoms. The van der Waals surface area contributed by atoms with E-state index in [4.69, 9.17) is 0 Å². The lowest BCUT2D eigenvalue weighted by Gasteiger charge is -2.17. The Kier molecular flexibility index (Phi) is 3.95.